The van der Waals surface area contributed by atoms with Gasteiger partial charge >= 0.3 is 0 Å². The molecule has 8 nitrogen and oxygen atoms in total. The highest BCUT2D eigenvalue weighted by molar-refractivity contribution is 5.91. The average Bonchev–Trinajstić information content (AvgIpc) is 3.18. The fourth-order valence-electron chi connectivity index (χ4n) is 3.36. The van der Waals surface area contributed by atoms with Crippen molar-refractivity contribution in [1.29, 1.82) is 0 Å². The molecule has 0 atom stereocenters. The van der Waals surface area contributed by atoms with Gasteiger partial charge in [-0.3, -0.25) is 9.59 Å². The summed E-state index contributed by atoms with van der Waals surface area (Å²) in [6.45, 7) is 6.25. The molecule has 2 heterocycles. The zero-order valence-corrected chi connectivity index (χ0v) is 17.6. The second-order valence-corrected chi connectivity index (χ2v) is 7.28. The highest BCUT2D eigenvalue weighted by Gasteiger charge is 2.13. The number of amides is 1. The number of hydrogen-bond donors (Lipinski definition) is 1. The van der Waals surface area contributed by atoms with Crippen LogP contribution in [0.15, 0.2) is 59.7 Å². The molecule has 0 aliphatic heterocycles. The molecule has 0 fully saturated rings. The number of carbonyl (C=O) groups is 1. The third-order valence-electron chi connectivity index (χ3n) is 4.90. The molecule has 8 heteroatoms. The van der Waals surface area contributed by atoms with Gasteiger partial charge in [-0.1, -0.05) is 17.7 Å². The predicted molar refractivity (Wildman–Crippen MR) is 118 cm³/mol. The van der Waals surface area contributed by atoms with E-state index in [2.05, 4.69) is 15.5 Å². The van der Waals surface area contributed by atoms with Gasteiger partial charge in [-0.25, -0.2) is 9.20 Å². The van der Waals surface area contributed by atoms with Crippen LogP contribution in [-0.2, 0) is 11.3 Å². The number of fused-ring (bicyclic) bond motifs is 1. The standard InChI is InChI=1S/C23H23N5O3/c1-4-31-18-8-6-17(7-9-18)20-12-21-23(30)27(24-14-28(21)26-20)13-22(29)25-19-10-5-15(2)11-16(19)3/h5-12,14H,4,13H2,1-3H3,(H,25,29). The Kier molecular flexibility index (Phi) is 5.53. The average molecular weight is 417 g/mol. The molecule has 31 heavy (non-hydrogen) atoms. The predicted octanol–water partition coefficient (Wildman–Crippen LogP) is 3.21. The smallest absolute Gasteiger partial charge is 0.293 e. The van der Waals surface area contributed by atoms with E-state index in [0.29, 0.717) is 23.5 Å². The number of nitrogens with one attached hydrogen (secondary N) is 1. The zero-order chi connectivity index (χ0) is 22.0. The fourth-order valence-corrected chi connectivity index (χ4v) is 3.36. The van der Waals surface area contributed by atoms with Gasteiger partial charge in [0, 0.05) is 11.3 Å². The summed E-state index contributed by atoms with van der Waals surface area (Å²) in [4.78, 5) is 25.3. The van der Waals surface area contributed by atoms with E-state index in [1.807, 2.05) is 63.2 Å². The van der Waals surface area contributed by atoms with Gasteiger partial charge in [0.1, 0.15) is 24.1 Å². The minimum Gasteiger partial charge on any atom is -0.494 e. The number of anilines is 1. The van der Waals surface area contributed by atoms with E-state index in [1.54, 1.807) is 6.07 Å². The number of rotatable bonds is 6. The maximum Gasteiger partial charge on any atom is 0.293 e. The molecule has 0 saturated carbocycles. The molecule has 0 saturated heterocycles. The molecule has 4 aromatic rings. The number of ether oxygens (including phenoxy) is 1. The SMILES string of the molecule is CCOc1ccc(-c2cc3c(=O)n(CC(=O)Nc4ccc(C)cc4C)ncn3n2)cc1. The Morgan fingerprint density at radius 1 is 1.10 bits per heavy atom. The van der Waals surface area contributed by atoms with Crippen LogP contribution in [-0.4, -0.2) is 31.9 Å². The van der Waals surface area contributed by atoms with Crippen LogP contribution in [0.5, 0.6) is 5.75 Å². The topological polar surface area (TPSA) is 90.5 Å². The van der Waals surface area contributed by atoms with Crippen molar-refractivity contribution in [3.05, 3.63) is 76.3 Å². The molecular formula is C23H23N5O3. The molecule has 1 N–H and O–H groups in total. The summed E-state index contributed by atoms with van der Waals surface area (Å²) >= 11 is 0. The van der Waals surface area contributed by atoms with E-state index in [4.69, 9.17) is 4.74 Å². The number of benzene rings is 2. The largest absolute Gasteiger partial charge is 0.494 e. The van der Waals surface area contributed by atoms with Crippen LogP contribution >= 0.6 is 0 Å². The van der Waals surface area contributed by atoms with Crippen LogP contribution < -0.4 is 15.6 Å². The lowest BCUT2D eigenvalue weighted by atomic mass is 10.1. The van der Waals surface area contributed by atoms with Crippen molar-refractivity contribution in [2.24, 2.45) is 0 Å². The van der Waals surface area contributed by atoms with Crippen LogP contribution in [0.3, 0.4) is 0 Å². The molecule has 2 aromatic heterocycles. The Morgan fingerprint density at radius 2 is 1.87 bits per heavy atom. The van der Waals surface area contributed by atoms with Gasteiger partial charge in [0.25, 0.3) is 5.56 Å². The fraction of sp³-hybridized carbons (Fsp3) is 0.217. The second-order valence-electron chi connectivity index (χ2n) is 7.28. The zero-order valence-electron chi connectivity index (χ0n) is 17.6. The van der Waals surface area contributed by atoms with Crippen LogP contribution in [0.25, 0.3) is 16.8 Å². The minimum absolute atomic E-state index is 0.188. The Morgan fingerprint density at radius 3 is 2.58 bits per heavy atom. The van der Waals surface area contributed by atoms with Crippen molar-refractivity contribution in [3.63, 3.8) is 0 Å². The molecular weight excluding hydrogens is 394 g/mol. The molecule has 0 unspecified atom stereocenters. The molecule has 1 amide bonds. The minimum atomic E-state index is -0.386. The summed E-state index contributed by atoms with van der Waals surface area (Å²) in [5.74, 6) is 0.450. The Bertz CT molecular complexity index is 1310. The Balaban J connectivity index is 1.56. The van der Waals surface area contributed by atoms with Gasteiger partial charge in [0.05, 0.1) is 12.3 Å². The maximum atomic E-state index is 12.9. The first-order valence-electron chi connectivity index (χ1n) is 10.0. The molecule has 0 spiro atoms. The Labute approximate surface area is 179 Å². The summed E-state index contributed by atoms with van der Waals surface area (Å²) in [5, 5.41) is 11.4. The highest BCUT2D eigenvalue weighted by Crippen LogP contribution is 2.22. The number of nitrogens with zero attached hydrogens (tertiary/aromatic N) is 4. The van der Waals surface area contributed by atoms with Crippen molar-refractivity contribution in [1.82, 2.24) is 19.4 Å². The van der Waals surface area contributed by atoms with E-state index in [0.717, 1.165) is 27.1 Å². The summed E-state index contributed by atoms with van der Waals surface area (Å²) in [7, 11) is 0. The lowest BCUT2D eigenvalue weighted by Gasteiger charge is -2.09. The Hall–Kier alpha value is -3.94. The molecule has 0 radical (unpaired) electrons. The lowest BCUT2D eigenvalue weighted by molar-refractivity contribution is -0.117. The van der Waals surface area contributed by atoms with E-state index in [9.17, 15) is 9.59 Å². The number of aryl methyl sites for hydroxylation is 2. The van der Waals surface area contributed by atoms with Crippen molar-refractivity contribution in [3.8, 4) is 17.0 Å². The van der Waals surface area contributed by atoms with Gasteiger partial charge in [-0.15, -0.1) is 0 Å². The third kappa shape index (κ3) is 4.32. The number of aromatic nitrogens is 4. The van der Waals surface area contributed by atoms with Crippen molar-refractivity contribution < 1.29 is 9.53 Å². The van der Waals surface area contributed by atoms with Crippen LogP contribution in [0.1, 0.15) is 18.1 Å². The normalized spacial score (nSPS) is 10.9. The first kappa shape index (κ1) is 20.3. The van der Waals surface area contributed by atoms with E-state index in [-0.39, 0.29) is 18.0 Å². The number of carbonyl (C=O) groups excluding carboxylic acids is 1. The third-order valence-corrected chi connectivity index (χ3v) is 4.90. The van der Waals surface area contributed by atoms with Crippen LogP contribution in [0.4, 0.5) is 5.69 Å². The molecule has 0 bridgehead atoms. The second kappa shape index (κ2) is 8.43. The van der Waals surface area contributed by atoms with E-state index < -0.39 is 0 Å². The van der Waals surface area contributed by atoms with Crippen molar-refractivity contribution >= 4 is 17.1 Å². The molecule has 0 aliphatic rings. The first-order chi connectivity index (χ1) is 14.9. The number of hydrogen-bond acceptors (Lipinski definition) is 5. The summed E-state index contributed by atoms with van der Waals surface area (Å²) in [6, 6.07) is 14.9. The molecule has 4 rings (SSSR count). The van der Waals surface area contributed by atoms with E-state index in [1.165, 1.54) is 10.8 Å². The summed E-state index contributed by atoms with van der Waals surface area (Å²) < 4.78 is 8.02. The lowest BCUT2D eigenvalue weighted by Crippen LogP contribution is -2.30. The maximum absolute atomic E-state index is 12.9. The van der Waals surface area contributed by atoms with E-state index >= 15 is 0 Å². The molecule has 2 aromatic carbocycles. The summed E-state index contributed by atoms with van der Waals surface area (Å²) in [5.41, 5.74) is 4.24. The first-order valence-corrected chi connectivity index (χ1v) is 10.0. The van der Waals surface area contributed by atoms with Crippen LogP contribution in [0, 0.1) is 13.8 Å². The quantitative estimate of drug-likeness (QED) is 0.520. The highest BCUT2D eigenvalue weighted by atomic mass is 16.5. The van der Waals surface area contributed by atoms with Gasteiger partial charge in [0.2, 0.25) is 5.91 Å². The van der Waals surface area contributed by atoms with Gasteiger partial charge in [-0.05, 0) is 62.7 Å². The van der Waals surface area contributed by atoms with Gasteiger partial charge in [-0.2, -0.15) is 10.2 Å². The molecule has 0 aliphatic carbocycles. The van der Waals surface area contributed by atoms with Crippen molar-refractivity contribution in [2.45, 2.75) is 27.3 Å². The van der Waals surface area contributed by atoms with Gasteiger partial charge < -0.3 is 10.1 Å². The summed E-state index contributed by atoms with van der Waals surface area (Å²) in [6.07, 6.45) is 1.43. The van der Waals surface area contributed by atoms with Crippen molar-refractivity contribution in [2.75, 3.05) is 11.9 Å². The monoisotopic (exact) mass is 417 g/mol. The van der Waals surface area contributed by atoms with Crippen LogP contribution in [0.2, 0.25) is 0 Å². The van der Waals surface area contributed by atoms with Gasteiger partial charge in [0.15, 0.2) is 0 Å². The molecule has 158 valence electrons.